The molecule has 0 bridgehead atoms. The molecule has 0 heterocycles. The lowest BCUT2D eigenvalue weighted by molar-refractivity contribution is 0.125. The van der Waals surface area contributed by atoms with Crippen molar-refractivity contribution in [3.8, 4) is 0 Å². The minimum absolute atomic E-state index is 0.343. The summed E-state index contributed by atoms with van der Waals surface area (Å²) in [5.41, 5.74) is 0. The van der Waals surface area contributed by atoms with Crippen LogP contribution in [0.5, 0.6) is 0 Å². The second kappa shape index (κ2) is 4.12. The van der Waals surface area contributed by atoms with Gasteiger partial charge in [0.05, 0.1) is 6.00 Å². The molecule has 0 aromatic heterocycles. The van der Waals surface area contributed by atoms with Gasteiger partial charge in [-0.2, -0.15) is 0 Å². The van der Waals surface area contributed by atoms with Crippen LogP contribution in [0, 0.1) is 0 Å². The fourth-order valence-corrected chi connectivity index (χ4v) is 0.299. The van der Waals surface area contributed by atoms with Crippen LogP contribution in [0.2, 0.25) is 0 Å². The molecule has 0 aliphatic rings. The molecule has 0 aliphatic carbocycles. The third-order valence-corrected chi connectivity index (χ3v) is 0.607. The maximum absolute atomic E-state index is 11.3. The maximum Gasteiger partial charge on any atom is 0.385 e. The van der Waals surface area contributed by atoms with E-state index in [-0.39, 0.29) is 6.00 Å². The molecule has 0 N–H and O–H groups in total. The molecule has 41 valence electrons. The van der Waals surface area contributed by atoms with Gasteiger partial charge >= 0.3 is 7.56 Å². The van der Waals surface area contributed by atoms with E-state index >= 15 is 0 Å². The first-order valence-corrected chi connectivity index (χ1v) is 2.36. The first kappa shape index (κ1) is 6.95. The van der Waals surface area contributed by atoms with E-state index in [0.717, 1.165) is 0 Å². The summed E-state index contributed by atoms with van der Waals surface area (Å²) in [4.78, 5) is 0. The van der Waals surface area contributed by atoms with Crippen molar-refractivity contribution in [1.82, 2.24) is 0 Å². The summed E-state index contributed by atoms with van der Waals surface area (Å²) in [5, 5.41) is 0. The van der Waals surface area contributed by atoms with Gasteiger partial charge in [0.1, 0.15) is 0 Å². The lowest BCUT2D eigenvalue weighted by Crippen LogP contribution is -2.12. The SMILES string of the molecule is CCOC(C)[B]F. The average molecular weight is 103 g/mol. The van der Waals surface area contributed by atoms with E-state index in [0.29, 0.717) is 14.2 Å². The van der Waals surface area contributed by atoms with E-state index in [1.807, 2.05) is 6.92 Å². The van der Waals surface area contributed by atoms with Gasteiger partial charge in [0.2, 0.25) is 0 Å². The Labute approximate surface area is 44.1 Å². The van der Waals surface area contributed by atoms with Gasteiger partial charge in [0.15, 0.2) is 0 Å². The number of ether oxygens (including phenoxy) is 1. The minimum atomic E-state index is -0.343. The van der Waals surface area contributed by atoms with Gasteiger partial charge in [-0.1, -0.05) is 0 Å². The summed E-state index contributed by atoms with van der Waals surface area (Å²) in [6.45, 7) is 4.06. The van der Waals surface area contributed by atoms with E-state index in [9.17, 15) is 4.32 Å². The van der Waals surface area contributed by atoms with Crippen molar-refractivity contribution in [2.45, 2.75) is 19.9 Å². The smallest absolute Gasteiger partial charge is 0.384 e. The van der Waals surface area contributed by atoms with Crippen LogP contribution in [-0.2, 0) is 4.74 Å². The Morgan fingerprint density at radius 1 is 1.86 bits per heavy atom. The Kier molecular flexibility index (Phi) is 4.10. The highest BCUT2D eigenvalue weighted by molar-refractivity contribution is 6.27. The Hall–Kier alpha value is -0.0451. The van der Waals surface area contributed by atoms with E-state index in [1.54, 1.807) is 6.92 Å². The molecule has 1 unspecified atom stereocenters. The molecule has 0 saturated heterocycles. The second-order valence-corrected chi connectivity index (χ2v) is 1.29. The largest absolute Gasteiger partial charge is 0.385 e. The third-order valence-electron chi connectivity index (χ3n) is 0.607. The van der Waals surface area contributed by atoms with Gasteiger partial charge in [0.25, 0.3) is 0 Å². The fourth-order valence-electron chi connectivity index (χ4n) is 0.299. The van der Waals surface area contributed by atoms with E-state index < -0.39 is 0 Å². The standard InChI is InChI=1S/C4H9BFO/c1-3-7-4(2)5-6/h4H,3H2,1-2H3. The molecule has 0 fully saturated rings. The van der Waals surface area contributed by atoms with Crippen LogP contribution in [0.1, 0.15) is 13.8 Å². The Balaban J connectivity index is 2.83. The molecule has 0 rings (SSSR count). The maximum atomic E-state index is 11.3. The van der Waals surface area contributed by atoms with Crippen molar-refractivity contribution in [3.63, 3.8) is 0 Å². The first-order chi connectivity index (χ1) is 3.31. The van der Waals surface area contributed by atoms with Crippen LogP contribution < -0.4 is 0 Å². The first-order valence-electron chi connectivity index (χ1n) is 2.36. The molecule has 7 heavy (non-hydrogen) atoms. The minimum Gasteiger partial charge on any atom is -0.384 e. The molecule has 0 saturated carbocycles. The van der Waals surface area contributed by atoms with Crippen LogP contribution in [-0.4, -0.2) is 20.2 Å². The normalized spacial score (nSPS) is 13.6. The van der Waals surface area contributed by atoms with Crippen LogP contribution in [0.15, 0.2) is 0 Å². The van der Waals surface area contributed by atoms with E-state index in [1.165, 1.54) is 0 Å². The predicted molar refractivity (Wildman–Crippen MR) is 27.9 cm³/mol. The van der Waals surface area contributed by atoms with Gasteiger partial charge in [-0.25, -0.2) is 0 Å². The predicted octanol–water partition coefficient (Wildman–Crippen LogP) is 0.958. The summed E-state index contributed by atoms with van der Waals surface area (Å²) in [5.74, 6) is 0. The molecular formula is C4H9BFO. The molecule has 0 aliphatic heterocycles. The zero-order valence-electron chi connectivity index (χ0n) is 4.65. The van der Waals surface area contributed by atoms with Crippen LogP contribution >= 0.6 is 0 Å². The number of halogens is 1. The van der Waals surface area contributed by atoms with Crippen molar-refractivity contribution < 1.29 is 9.05 Å². The van der Waals surface area contributed by atoms with E-state index in [4.69, 9.17) is 4.74 Å². The van der Waals surface area contributed by atoms with E-state index in [2.05, 4.69) is 0 Å². The highest BCUT2D eigenvalue weighted by Gasteiger charge is 2.00. The molecule has 0 aromatic carbocycles. The van der Waals surface area contributed by atoms with Crippen LogP contribution in [0.3, 0.4) is 0 Å². The van der Waals surface area contributed by atoms with Crippen LogP contribution in [0.25, 0.3) is 0 Å². The van der Waals surface area contributed by atoms with Gasteiger partial charge in [0, 0.05) is 6.61 Å². The summed E-state index contributed by atoms with van der Waals surface area (Å²) in [7, 11) is 0.531. The van der Waals surface area contributed by atoms with Crippen molar-refractivity contribution >= 4 is 7.56 Å². The lowest BCUT2D eigenvalue weighted by atomic mass is 9.97. The highest BCUT2D eigenvalue weighted by atomic mass is 19.1. The van der Waals surface area contributed by atoms with Crippen molar-refractivity contribution in [2.24, 2.45) is 0 Å². The Morgan fingerprint density at radius 2 is 2.43 bits per heavy atom. The Bertz CT molecular complexity index is 42.7. The molecule has 1 nitrogen and oxygen atoms in total. The lowest BCUT2D eigenvalue weighted by Gasteiger charge is -2.01. The monoisotopic (exact) mass is 103 g/mol. The summed E-state index contributed by atoms with van der Waals surface area (Å²) in [6.07, 6.45) is 0. The van der Waals surface area contributed by atoms with Crippen molar-refractivity contribution in [1.29, 1.82) is 0 Å². The molecule has 0 spiro atoms. The molecule has 3 heteroatoms. The fraction of sp³-hybridized carbons (Fsp3) is 1.00. The highest BCUT2D eigenvalue weighted by Crippen LogP contribution is 1.85. The quantitative estimate of drug-likeness (QED) is 0.483. The summed E-state index contributed by atoms with van der Waals surface area (Å²) in [6, 6.07) is -0.343. The average Bonchev–Trinajstić information content (AvgIpc) is 1.68. The second-order valence-electron chi connectivity index (χ2n) is 1.29. The van der Waals surface area contributed by atoms with Gasteiger partial charge in [-0.15, -0.1) is 0 Å². The molecular weight excluding hydrogens is 93.9 g/mol. The zero-order valence-corrected chi connectivity index (χ0v) is 4.65. The van der Waals surface area contributed by atoms with Gasteiger partial charge in [-0.3, -0.25) is 0 Å². The third kappa shape index (κ3) is 3.79. The topological polar surface area (TPSA) is 9.23 Å². The van der Waals surface area contributed by atoms with Gasteiger partial charge < -0.3 is 9.05 Å². The Morgan fingerprint density at radius 3 is 2.57 bits per heavy atom. The number of hydrogen-bond donors (Lipinski definition) is 0. The van der Waals surface area contributed by atoms with Crippen molar-refractivity contribution in [2.75, 3.05) is 6.61 Å². The summed E-state index contributed by atoms with van der Waals surface area (Å²) >= 11 is 0. The molecule has 0 amide bonds. The number of rotatable bonds is 3. The zero-order chi connectivity index (χ0) is 5.70. The van der Waals surface area contributed by atoms with Gasteiger partial charge in [-0.05, 0) is 13.8 Å². The molecule has 0 aromatic rings. The molecule has 1 atom stereocenters. The molecule has 1 radical (unpaired) electrons. The summed E-state index contributed by atoms with van der Waals surface area (Å²) < 4.78 is 16.1. The van der Waals surface area contributed by atoms with Crippen molar-refractivity contribution in [3.05, 3.63) is 0 Å². The number of hydrogen-bond acceptors (Lipinski definition) is 1. The van der Waals surface area contributed by atoms with Crippen LogP contribution in [0.4, 0.5) is 4.32 Å².